The van der Waals surface area contributed by atoms with Gasteiger partial charge in [-0.05, 0) is 18.4 Å². The zero-order valence-electron chi connectivity index (χ0n) is 11.9. The molecule has 1 aliphatic rings. The first kappa shape index (κ1) is 15.9. The molecule has 2 amide bonds. The van der Waals surface area contributed by atoms with Crippen molar-refractivity contribution in [1.82, 2.24) is 10.2 Å². The van der Waals surface area contributed by atoms with Crippen molar-refractivity contribution in [3.05, 3.63) is 22.4 Å². The second kappa shape index (κ2) is 7.53. The molecule has 0 saturated carbocycles. The third-order valence-electron chi connectivity index (χ3n) is 3.44. The molecule has 2 rings (SSSR count). The molecule has 0 aliphatic carbocycles. The number of carbonyl (C=O) groups is 2. The maximum atomic E-state index is 12.2. The molecule has 2 heterocycles. The van der Waals surface area contributed by atoms with Crippen LogP contribution in [0, 0.1) is 0 Å². The van der Waals surface area contributed by atoms with Gasteiger partial charge in [-0.15, -0.1) is 0 Å². The number of hydrogen-bond donors (Lipinski definition) is 2. The lowest BCUT2D eigenvalue weighted by Crippen LogP contribution is -2.52. The van der Waals surface area contributed by atoms with Crippen molar-refractivity contribution in [2.75, 3.05) is 26.3 Å². The summed E-state index contributed by atoms with van der Waals surface area (Å²) in [5.74, 6) is -0.192. The Kier molecular flexibility index (Phi) is 5.72. The topological polar surface area (TPSA) is 78.9 Å². The van der Waals surface area contributed by atoms with Crippen LogP contribution < -0.4 is 5.32 Å². The van der Waals surface area contributed by atoms with Gasteiger partial charge in [-0.3, -0.25) is 9.59 Å². The van der Waals surface area contributed by atoms with E-state index in [1.54, 1.807) is 16.3 Å². The fourth-order valence-electron chi connectivity index (χ4n) is 2.20. The largest absolute Gasteiger partial charge is 0.394 e. The van der Waals surface area contributed by atoms with Crippen molar-refractivity contribution in [3.8, 4) is 0 Å². The second-order valence-corrected chi connectivity index (χ2v) is 5.83. The van der Waals surface area contributed by atoms with Crippen LogP contribution in [0.1, 0.15) is 23.7 Å². The van der Waals surface area contributed by atoms with Crippen molar-refractivity contribution < 1.29 is 19.4 Å². The molecule has 1 aliphatic heterocycles. The minimum Gasteiger partial charge on any atom is -0.394 e. The smallest absolute Gasteiger partial charge is 0.252 e. The fraction of sp³-hybridized carbons (Fsp3) is 0.571. The summed E-state index contributed by atoms with van der Waals surface area (Å²) in [5.41, 5.74) is 0.618. The summed E-state index contributed by atoms with van der Waals surface area (Å²) in [6, 6.07) is 1.74. The Bertz CT molecular complexity index is 477. The molecule has 0 bridgehead atoms. The van der Waals surface area contributed by atoms with Crippen molar-refractivity contribution >= 4 is 23.2 Å². The molecule has 6 nitrogen and oxygen atoms in total. The lowest BCUT2D eigenvalue weighted by molar-refractivity contribution is -0.146. The number of thiophene rings is 1. The van der Waals surface area contributed by atoms with Crippen LogP contribution in [-0.4, -0.2) is 60.3 Å². The average Bonchev–Trinajstić information content (AvgIpc) is 3.01. The minimum atomic E-state index is -0.314. The monoisotopic (exact) mass is 312 g/mol. The number of rotatable bonds is 5. The number of nitrogens with zero attached hydrogens (tertiary/aromatic N) is 1. The van der Waals surface area contributed by atoms with Crippen LogP contribution in [0.15, 0.2) is 16.8 Å². The van der Waals surface area contributed by atoms with E-state index in [0.29, 0.717) is 25.3 Å². The highest BCUT2D eigenvalue weighted by Gasteiger charge is 2.28. The minimum absolute atomic E-state index is 0.00660. The van der Waals surface area contributed by atoms with Gasteiger partial charge in [0, 0.05) is 30.5 Å². The summed E-state index contributed by atoms with van der Waals surface area (Å²) >= 11 is 1.46. The maximum absolute atomic E-state index is 12.2. The van der Waals surface area contributed by atoms with Crippen LogP contribution in [0.2, 0.25) is 0 Å². The summed E-state index contributed by atoms with van der Waals surface area (Å²) in [6.45, 7) is 2.95. The van der Waals surface area contributed by atoms with Crippen LogP contribution in [0.4, 0.5) is 0 Å². The molecule has 2 unspecified atom stereocenters. The lowest BCUT2D eigenvalue weighted by atomic mass is 10.2. The molecule has 2 N–H and O–H groups in total. The van der Waals surface area contributed by atoms with Crippen molar-refractivity contribution in [2.24, 2.45) is 0 Å². The van der Waals surface area contributed by atoms with Gasteiger partial charge in [0.25, 0.3) is 5.91 Å². The Morgan fingerprint density at radius 1 is 1.57 bits per heavy atom. The molecular formula is C14H20N2O4S. The van der Waals surface area contributed by atoms with E-state index < -0.39 is 0 Å². The molecule has 116 valence electrons. The normalized spacial score (nSPS) is 22.1. The summed E-state index contributed by atoms with van der Waals surface area (Å²) in [7, 11) is 0. The van der Waals surface area contributed by atoms with Gasteiger partial charge in [0.2, 0.25) is 5.91 Å². The molecule has 21 heavy (non-hydrogen) atoms. The van der Waals surface area contributed by atoms with Gasteiger partial charge in [-0.1, -0.05) is 0 Å². The summed E-state index contributed by atoms with van der Waals surface area (Å²) in [5, 5.41) is 15.5. The zero-order chi connectivity index (χ0) is 15.2. The molecule has 1 saturated heterocycles. The number of ether oxygens (including phenoxy) is 1. The fourth-order valence-corrected chi connectivity index (χ4v) is 2.83. The summed E-state index contributed by atoms with van der Waals surface area (Å²) < 4.78 is 5.40. The standard InChI is InChI=1S/C14H20N2O4S/c1-10-8-20-12(7-17)6-16(10)13(18)2-4-15-14(19)11-3-5-21-9-11/h3,5,9-10,12,17H,2,4,6-8H2,1H3,(H,15,19). The Labute approximate surface area is 127 Å². The van der Waals surface area contributed by atoms with Gasteiger partial charge in [0.05, 0.1) is 25.4 Å². The Balaban J connectivity index is 1.77. The Morgan fingerprint density at radius 2 is 2.38 bits per heavy atom. The van der Waals surface area contributed by atoms with Crippen LogP contribution in [0.5, 0.6) is 0 Å². The number of morpholine rings is 1. The number of carbonyl (C=O) groups excluding carboxylic acids is 2. The molecule has 1 aromatic rings. The first-order valence-electron chi connectivity index (χ1n) is 6.94. The van der Waals surface area contributed by atoms with Crippen molar-refractivity contribution in [2.45, 2.75) is 25.5 Å². The van der Waals surface area contributed by atoms with Crippen molar-refractivity contribution in [3.63, 3.8) is 0 Å². The van der Waals surface area contributed by atoms with Crippen LogP contribution >= 0.6 is 11.3 Å². The van der Waals surface area contributed by atoms with Gasteiger partial charge >= 0.3 is 0 Å². The molecule has 7 heteroatoms. The van der Waals surface area contributed by atoms with Crippen LogP contribution in [-0.2, 0) is 9.53 Å². The van der Waals surface area contributed by atoms with Crippen LogP contribution in [0.3, 0.4) is 0 Å². The van der Waals surface area contributed by atoms with Crippen LogP contribution in [0.25, 0.3) is 0 Å². The molecule has 0 spiro atoms. The predicted molar refractivity (Wildman–Crippen MR) is 79.3 cm³/mol. The molecule has 1 fully saturated rings. The highest BCUT2D eigenvalue weighted by molar-refractivity contribution is 7.08. The maximum Gasteiger partial charge on any atom is 0.252 e. The van der Waals surface area contributed by atoms with E-state index in [2.05, 4.69) is 5.32 Å². The van der Waals surface area contributed by atoms with E-state index in [0.717, 1.165) is 0 Å². The van der Waals surface area contributed by atoms with E-state index in [4.69, 9.17) is 9.84 Å². The molecule has 1 aromatic heterocycles. The summed E-state index contributed by atoms with van der Waals surface area (Å²) in [4.78, 5) is 25.6. The quantitative estimate of drug-likeness (QED) is 0.829. The lowest BCUT2D eigenvalue weighted by Gasteiger charge is -2.37. The second-order valence-electron chi connectivity index (χ2n) is 5.05. The Hall–Kier alpha value is -1.44. The number of aliphatic hydroxyl groups is 1. The predicted octanol–water partition coefficient (Wildman–Crippen LogP) is 0.476. The van der Waals surface area contributed by atoms with E-state index >= 15 is 0 Å². The van der Waals surface area contributed by atoms with Gasteiger partial charge in [0.15, 0.2) is 0 Å². The van der Waals surface area contributed by atoms with Gasteiger partial charge in [0.1, 0.15) is 0 Å². The van der Waals surface area contributed by atoms with Gasteiger partial charge < -0.3 is 20.1 Å². The highest BCUT2D eigenvalue weighted by atomic mass is 32.1. The molecule has 0 radical (unpaired) electrons. The van der Waals surface area contributed by atoms with E-state index in [9.17, 15) is 9.59 Å². The van der Waals surface area contributed by atoms with E-state index in [-0.39, 0.29) is 37.0 Å². The highest BCUT2D eigenvalue weighted by Crippen LogP contribution is 2.12. The van der Waals surface area contributed by atoms with Gasteiger partial charge in [-0.25, -0.2) is 0 Å². The number of amides is 2. The number of nitrogens with one attached hydrogen (secondary N) is 1. The Morgan fingerprint density at radius 3 is 3.05 bits per heavy atom. The molecular weight excluding hydrogens is 292 g/mol. The number of hydrogen-bond acceptors (Lipinski definition) is 5. The first-order valence-corrected chi connectivity index (χ1v) is 7.88. The van der Waals surface area contributed by atoms with Crippen molar-refractivity contribution in [1.29, 1.82) is 0 Å². The molecule has 2 atom stereocenters. The van der Waals surface area contributed by atoms with Gasteiger partial charge in [-0.2, -0.15) is 11.3 Å². The zero-order valence-corrected chi connectivity index (χ0v) is 12.8. The first-order chi connectivity index (χ1) is 10.1. The third-order valence-corrected chi connectivity index (χ3v) is 4.12. The molecule has 0 aromatic carbocycles. The van der Waals surface area contributed by atoms with E-state index in [1.165, 1.54) is 11.3 Å². The third kappa shape index (κ3) is 4.26. The summed E-state index contributed by atoms with van der Waals surface area (Å²) in [6.07, 6.45) is -0.0659. The van der Waals surface area contributed by atoms with E-state index in [1.807, 2.05) is 12.3 Å². The SMILES string of the molecule is CC1COC(CO)CN1C(=O)CCNC(=O)c1ccsc1. The number of aliphatic hydroxyl groups excluding tert-OH is 1. The average molecular weight is 312 g/mol.